The number of hydrogen-bond donors (Lipinski definition) is 2. The quantitative estimate of drug-likeness (QED) is 0.553. The number of nitrogen functional groups attached to an aromatic ring is 1. The summed E-state index contributed by atoms with van der Waals surface area (Å²) < 4.78 is 18.1. The molecule has 15 heavy (non-hydrogen) atoms. The molecule has 3 N–H and O–H groups in total. The molecule has 0 amide bonds. The Kier molecular flexibility index (Phi) is 2.07. The minimum absolute atomic E-state index is 0.0714. The third-order valence-electron chi connectivity index (χ3n) is 2.23. The number of hydrogen-bond acceptors (Lipinski definition) is 3. The van der Waals surface area contributed by atoms with E-state index in [4.69, 9.17) is 5.73 Å². The van der Waals surface area contributed by atoms with Crippen LogP contribution in [0, 0.1) is 5.82 Å². The van der Waals surface area contributed by atoms with Crippen molar-refractivity contribution in [2.75, 3.05) is 12.8 Å². The van der Waals surface area contributed by atoms with Crippen molar-refractivity contribution in [2.45, 2.75) is 0 Å². The van der Waals surface area contributed by atoms with Gasteiger partial charge in [0.05, 0.1) is 23.9 Å². The molecule has 0 spiro atoms. The zero-order chi connectivity index (χ0) is 11.0. The van der Waals surface area contributed by atoms with Crippen LogP contribution in [-0.2, 0) is 4.74 Å². The number of nitrogens with two attached hydrogens (primary N) is 1. The summed E-state index contributed by atoms with van der Waals surface area (Å²) in [6.07, 6.45) is 1.63. The number of halogens is 1. The van der Waals surface area contributed by atoms with Gasteiger partial charge in [-0.15, -0.1) is 0 Å². The van der Waals surface area contributed by atoms with Crippen LogP contribution in [-0.4, -0.2) is 18.1 Å². The van der Waals surface area contributed by atoms with E-state index >= 15 is 0 Å². The maximum Gasteiger partial charge on any atom is 0.340 e. The first-order chi connectivity index (χ1) is 7.15. The Morgan fingerprint density at radius 2 is 2.33 bits per heavy atom. The Morgan fingerprint density at radius 1 is 1.60 bits per heavy atom. The molecule has 0 fully saturated rings. The number of aromatic amines is 1. The Morgan fingerprint density at radius 3 is 3.00 bits per heavy atom. The highest BCUT2D eigenvalue weighted by molar-refractivity contribution is 6.00. The third-order valence-corrected chi connectivity index (χ3v) is 2.23. The molecule has 0 aliphatic heterocycles. The fraction of sp³-hybridized carbons (Fsp3) is 0.100. The standard InChI is InChI=1S/C10H9FN2O2/c1-15-10(14)6-4-5-2-3-13-9(5)8(12)7(6)11/h2-4,13H,12H2,1H3. The number of anilines is 1. The van der Waals surface area contributed by atoms with Crippen LogP contribution < -0.4 is 5.73 Å². The van der Waals surface area contributed by atoms with Gasteiger partial charge in [0.15, 0.2) is 5.82 Å². The van der Waals surface area contributed by atoms with Crippen molar-refractivity contribution in [2.24, 2.45) is 0 Å². The van der Waals surface area contributed by atoms with Gasteiger partial charge in [-0.1, -0.05) is 0 Å². The number of H-pyrrole nitrogens is 1. The number of fused-ring (bicyclic) bond motifs is 1. The topological polar surface area (TPSA) is 68.1 Å². The van der Waals surface area contributed by atoms with Gasteiger partial charge in [-0.3, -0.25) is 0 Å². The predicted molar refractivity (Wildman–Crippen MR) is 54.0 cm³/mol. The molecular formula is C10H9FN2O2. The first kappa shape index (κ1) is 9.51. The molecule has 1 aromatic carbocycles. The molecule has 0 radical (unpaired) electrons. The number of esters is 1. The highest BCUT2D eigenvalue weighted by Crippen LogP contribution is 2.26. The van der Waals surface area contributed by atoms with E-state index in [0.29, 0.717) is 10.9 Å². The molecule has 0 atom stereocenters. The van der Waals surface area contributed by atoms with Crippen molar-refractivity contribution < 1.29 is 13.9 Å². The number of methoxy groups -OCH3 is 1. The summed E-state index contributed by atoms with van der Waals surface area (Å²) >= 11 is 0. The van der Waals surface area contributed by atoms with Gasteiger partial charge in [0.25, 0.3) is 0 Å². The molecule has 0 saturated carbocycles. The van der Waals surface area contributed by atoms with Crippen molar-refractivity contribution >= 4 is 22.6 Å². The van der Waals surface area contributed by atoms with Gasteiger partial charge in [0.2, 0.25) is 0 Å². The largest absolute Gasteiger partial charge is 0.465 e. The molecule has 0 aliphatic rings. The number of aromatic nitrogens is 1. The molecule has 78 valence electrons. The minimum Gasteiger partial charge on any atom is -0.465 e. The van der Waals surface area contributed by atoms with Crippen LogP contribution in [0.4, 0.5) is 10.1 Å². The summed E-state index contributed by atoms with van der Waals surface area (Å²) in [5.74, 6) is -1.49. The summed E-state index contributed by atoms with van der Waals surface area (Å²) in [7, 11) is 1.19. The van der Waals surface area contributed by atoms with Crippen molar-refractivity contribution in [3.05, 3.63) is 29.7 Å². The monoisotopic (exact) mass is 208 g/mol. The van der Waals surface area contributed by atoms with Gasteiger partial charge < -0.3 is 15.5 Å². The molecule has 2 aromatic rings. The number of rotatable bonds is 1. The lowest BCUT2D eigenvalue weighted by atomic mass is 10.1. The average Bonchev–Trinajstić information content (AvgIpc) is 2.70. The fourth-order valence-corrected chi connectivity index (χ4v) is 1.47. The van der Waals surface area contributed by atoms with E-state index in [1.54, 1.807) is 12.3 Å². The lowest BCUT2D eigenvalue weighted by Gasteiger charge is -2.04. The first-order valence-electron chi connectivity index (χ1n) is 4.28. The lowest BCUT2D eigenvalue weighted by Crippen LogP contribution is -2.07. The normalized spacial score (nSPS) is 10.5. The van der Waals surface area contributed by atoms with Crippen LogP contribution in [0.5, 0.6) is 0 Å². The van der Waals surface area contributed by atoms with Crippen LogP contribution in [0.15, 0.2) is 18.3 Å². The number of nitrogens with one attached hydrogen (secondary N) is 1. The zero-order valence-corrected chi connectivity index (χ0v) is 8.00. The highest BCUT2D eigenvalue weighted by Gasteiger charge is 2.17. The molecule has 0 saturated heterocycles. The summed E-state index contributed by atoms with van der Waals surface area (Å²) in [6, 6.07) is 3.11. The van der Waals surface area contributed by atoms with E-state index in [0.717, 1.165) is 0 Å². The van der Waals surface area contributed by atoms with E-state index in [9.17, 15) is 9.18 Å². The first-order valence-corrected chi connectivity index (χ1v) is 4.28. The van der Waals surface area contributed by atoms with Gasteiger partial charge in [0, 0.05) is 11.6 Å². The van der Waals surface area contributed by atoms with Gasteiger partial charge in [-0.2, -0.15) is 0 Å². The number of benzene rings is 1. The SMILES string of the molecule is COC(=O)c1cc2cc[nH]c2c(N)c1F. The van der Waals surface area contributed by atoms with E-state index in [1.807, 2.05) is 0 Å². The maximum absolute atomic E-state index is 13.6. The number of carbonyl (C=O) groups excluding carboxylic acids is 1. The van der Waals surface area contributed by atoms with Crippen LogP contribution in [0.1, 0.15) is 10.4 Å². The number of ether oxygens (including phenoxy) is 1. The van der Waals surface area contributed by atoms with Crippen LogP contribution >= 0.6 is 0 Å². The van der Waals surface area contributed by atoms with Gasteiger partial charge >= 0.3 is 5.97 Å². The predicted octanol–water partition coefficient (Wildman–Crippen LogP) is 1.68. The molecule has 0 aliphatic carbocycles. The van der Waals surface area contributed by atoms with Crippen molar-refractivity contribution in [3.63, 3.8) is 0 Å². The van der Waals surface area contributed by atoms with Crippen molar-refractivity contribution in [1.82, 2.24) is 4.98 Å². The Hall–Kier alpha value is -2.04. The van der Waals surface area contributed by atoms with Crippen LogP contribution in [0.3, 0.4) is 0 Å². The summed E-state index contributed by atoms with van der Waals surface area (Å²) in [4.78, 5) is 14.0. The molecule has 5 heteroatoms. The summed E-state index contributed by atoms with van der Waals surface area (Å²) in [5.41, 5.74) is 5.81. The lowest BCUT2D eigenvalue weighted by molar-refractivity contribution is 0.0596. The second-order valence-electron chi connectivity index (χ2n) is 3.09. The van der Waals surface area contributed by atoms with Gasteiger partial charge in [-0.05, 0) is 12.1 Å². The fourth-order valence-electron chi connectivity index (χ4n) is 1.47. The van der Waals surface area contributed by atoms with E-state index < -0.39 is 11.8 Å². The van der Waals surface area contributed by atoms with E-state index in [1.165, 1.54) is 13.2 Å². The molecule has 0 bridgehead atoms. The van der Waals surface area contributed by atoms with Crippen molar-refractivity contribution in [1.29, 1.82) is 0 Å². The molecule has 2 rings (SSSR count). The molecule has 1 heterocycles. The molecule has 0 unspecified atom stereocenters. The number of carbonyl (C=O) groups is 1. The second kappa shape index (κ2) is 3.27. The smallest absolute Gasteiger partial charge is 0.340 e. The van der Waals surface area contributed by atoms with E-state index in [-0.39, 0.29) is 11.3 Å². The highest BCUT2D eigenvalue weighted by atomic mass is 19.1. The zero-order valence-electron chi connectivity index (χ0n) is 8.00. The molecule has 1 aromatic heterocycles. The molecular weight excluding hydrogens is 199 g/mol. The average molecular weight is 208 g/mol. The van der Waals surface area contributed by atoms with Crippen molar-refractivity contribution in [3.8, 4) is 0 Å². The maximum atomic E-state index is 13.6. The Balaban J connectivity index is 2.75. The van der Waals surface area contributed by atoms with Gasteiger partial charge in [-0.25, -0.2) is 9.18 Å². The second-order valence-corrected chi connectivity index (χ2v) is 3.09. The Bertz CT molecular complexity index is 533. The minimum atomic E-state index is -0.753. The molecule has 4 nitrogen and oxygen atoms in total. The van der Waals surface area contributed by atoms with Crippen LogP contribution in [0.25, 0.3) is 10.9 Å². The van der Waals surface area contributed by atoms with Crippen LogP contribution in [0.2, 0.25) is 0 Å². The van der Waals surface area contributed by atoms with Gasteiger partial charge in [0.1, 0.15) is 0 Å². The third kappa shape index (κ3) is 1.32. The summed E-state index contributed by atoms with van der Waals surface area (Å²) in [6.45, 7) is 0. The van der Waals surface area contributed by atoms with E-state index in [2.05, 4.69) is 9.72 Å². The Labute approximate surface area is 84.8 Å². The summed E-state index contributed by atoms with van der Waals surface area (Å²) in [5, 5.41) is 0.675.